The number of benzene rings is 1. The first-order valence-corrected chi connectivity index (χ1v) is 8.47. The smallest absolute Gasteiger partial charge is 0.227 e. The zero-order valence-electron chi connectivity index (χ0n) is 14.1. The molecule has 1 atom stereocenters. The molecule has 0 heterocycles. The van der Waals surface area contributed by atoms with Crippen LogP contribution in [-0.2, 0) is 9.59 Å². The molecule has 1 aliphatic rings. The van der Waals surface area contributed by atoms with Crippen molar-refractivity contribution in [3.8, 4) is 0 Å². The molecule has 0 saturated heterocycles. The fraction of sp³-hybridized carbons (Fsp3) is 0.556. The van der Waals surface area contributed by atoms with E-state index in [4.69, 9.17) is 0 Å². The van der Waals surface area contributed by atoms with Gasteiger partial charge in [-0.2, -0.15) is 0 Å². The Hall–Kier alpha value is -1.98. The first-order chi connectivity index (χ1) is 11.4. The molecular weight excluding hydrogens is 314 g/mol. The van der Waals surface area contributed by atoms with E-state index in [0.717, 1.165) is 18.6 Å². The van der Waals surface area contributed by atoms with E-state index in [2.05, 4.69) is 10.6 Å². The standard InChI is InChI=1S/C18H24F2N2O2/c1-3-11(2)21-17(23)12-4-6-13(7-5-12)18(24)22-16-9-8-14(19)10-15(16)20/h8-13H,3-7H2,1-2H3,(H,21,23)(H,22,24). The van der Waals surface area contributed by atoms with Gasteiger partial charge < -0.3 is 10.6 Å². The highest BCUT2D eigenvalue weighted by molar-refractivity contribution is 5.92. The van der Waals surface area contributed by atoms with Crippen molar-refractivity contribution < 1.29 is 18.4 Å². The topological polar surface area (TPSA) is 58.2 Å². The number of anilines is 1. The molecule has 0 bridgehead atoms. The third kappa shape index (κ3) is 4.76. The van der Waals surface area contributed by atoms with Crippen molar-refractivity contribution in [1.82, 2.24) is 5.32 Å². The molecule has 6 heteroatoms. The highest BCUT2D eigenvalue weighted by Crippen LogP contribution is 2.30. The Bertz CT molecular complexity index is 599. The van der Waals surface area contributed by atoms with E-state index in [0.29, 0.717) is 25.7 Å². The van der Waals surface area contributed by atoms with Crippen molar-refractivity contribution in [3.05, 3.63) is 29.8 Å². The van der Waals surface area contributed by atoms with Crippen LogP contribution < -0.4 is 10.6 Å². The molecule has 1 fully saturated rings. The van der Waals surface area contributed by atoms with Gasteiger partial charge in [-0.1, -0.05) is 6.92 Å². The molecule has 0 spiro atoms. The highest BCUT2D eigenvalue weighted by atomic mass is 19.1. The lowest BCUT2D eigenvalue weighted by molar-refractivity contribution is -0.129. The number of halogens is 2. The van der Waals surface area contributed by atoms with Crippen LogP contribution in [0.5, 0.6) is 0 Å². The van der Waals surface area contributed by atoms with Gasteiger partial charge in [-0.25, -0.2) is 8.78 Å². The third-order valence-corrected chi connectivity index (χ3v) is 4.66. The summed E-state index contributed by atoms with van der Waals surface area (Å²) in [6, 6.07) is 3.22. The van der Waals surface area contributed by atoms with E-state index in [-0.39, 0.29) is 35.4 Å². The van der Waals surface area contributed by atoms with Gasteiger partial charge in [0, 0.05) is 23.9 Å². The molecule has 4 nitrogen and oxygen atoms in total. The maximum atomic E-state index is 13.6. The normalized spacial score (nSPS) is 21.8. The summed E-state index contributed by atoms with van der Waals surface area (Å²) in [5.74, 6) is -2.01. The van der Waals surface area contributed by atoms with Gasteiger partial charge >= 0.3 is 0 Å². The van der Waals surface area contributed by atoms with Crippen LogP contribution in [0.2, 0.25) is 0 Å². The lowest BCUT2D eigenvalue weighted by Gasteiger charge is -2.28. The van der Waals surface area contributed by atoms with Gasteiger partial charge in [-0.15, -0.1) is 0 Å². The summed E-state index contributed by atoms with van der Waals surface area (Å²) in [6.45, 7) is 3.98. The molecule has 1 aromatic carbocycles. The second-order valence-corrected chi connectivity index (χ2v) is 6.48. The van der Waals surface area contributed by atoms with E-state index >= 15 is 0 Å². The molecule has 2 N–H and O–H groups in total. The zero-order chi connectivity index (χ0) is 17.7. The summed E-state index contributed by atoms with van der Waals surface area (Å²) in [6.07, 6.45) is 3.35. The number of nitrogens with one attached hydrogen (secondary N) is 2. The predicted octanol–water partition coefficient (Wildman–Crippen LogP) is 3.62. The number of hydrogen-bond acceptors (Lipinski definition) is 2. The number of hydrogen-bond donors (Lipinski definition) is 2. The Morgan fingerprint density at radius 3 is 2.25 bits per heavy atom. The van der Waals surface area contributed by atoms with Gasteiger partial charge in [0.2, 0.25) is 11.8 Å². The molecule has 1 saturated carbocycles. The quantitative estimate of drug-likeness (QED) is 0.861. The largest absolute Gasteiger partial charge is 0.353 e. The van der Waals surface area contributed by atoms with Crippen LogP contribution in [0.4, 0.5) is 14.5 Å². The second kappa shape index (κ2) is 8.22. The Kier molecular flexibility index (Phi) is 6.29. The first-order valence-electron chi connectivity index (χ1n) is 8.47. The van der Waals surface area contributed by atoms with Crippen molar-refractivity contribution in [2.45, 2.75) is 52.0 Å². The van der Waals surface area contributed by atoms with Crippen LogP contribution >= 0.6 is 0 Å². The Morgan fingerprint density at radius 2 is 1.71 bits per heavy atom. The molecule has 0 aromatic heterocycles. The molecule has 0 aliphatic heterocycles. The second-order valence-electron chi connectivity index (χ2n) is 6.48. The van der Waals surface area contributed by atoms with Gasteiger partial charge in [0.05, 0.1) is 5.69 Å². The SMILES string of the molecule is CCC(C)NC(=O)C1CCC(C(=O)Nc2ccc(F)cc2F)CC1. The van der Waals surface area contributed by atoms with Crippen LogP contribution in [0.25, 0.3) is 0 Å². The van der Waals surface area contributed by atoms with Gasteiger partial charge in [0.25, 0.3) is 0 Å². The summed E-state index contributed by atoms with van der Waals surface area (Å²) in [7, 11) is 0. The van der Waals surface area contributed by atoms with Crippen molar-refractivity contribution >= 4 is 17.5 Å². The fourth-order valence-electron chi connectivity index (χ4n) is 2.91. The van der Waals surface area contributed by atoms with Crippen molar-refractivity contribution in [2.75, 3.05) is 5.32 Å². The number of amides is 2. The first kappa shape index (κ1) is 18.4. The zero-order valence-corrected chi connectivity index (χ0v) is 14.1. The van der Waals surface area contributed by atoms with Crippen molar-refractivity contribution in [3.63, 3.8) is 0 Å². The summed E-state index contributed by atoms with van der Waals surface area (Å²) in [5.41, 5.74) is -0.0157. The fourth-order valence-corrected chi connectivity index (χ4v) is 2.91. The van der Waals surface area contributed by atoms with Gasteiger partial charge in [0.15, 0.2) is 0 Å². The van der Waals surface area contributed by atoms with Gasteiger partial charge in [0.1, 0.15) is 11.6 Å². The minimum atomic E-state index is -0.787. The van der Waals surface area contributed by atoms with Gasteiger partial charge in [-0.3, -0.25) is 9.59 Å². The summed E-state index contributed by atoms with van der Waals surface area (Å²) < 4.78 is 26.5. The molecule has 0 radical (unpaired) electrons. The lowest BCUT2D eigenvalue weighted by Crippen LogP contribution is -2.39. The van der Waals surface area contributed by atoms with E-state index in [9.17, 15) is 18.4 Å². The Labute approximate surface area is 141 Å². The van der Waals surface area contributed by atoms with Gasteiger partial charge in [-0.05, 0) is 51.2 Å². The monoisotopic (exact) mass is 338 g/mol. The molecule has 1 aromatic rings. The number of rotatable bonds is 5. The maximum Gasteiger partial charge on any atom is 0.227 e. The maximum absolute atomic E-state index is 13.6. The van der Waals surface area contributed by atoms with Crippen LogP contribution in [0, 0.1) is 23.5 Å². The van der Waals surface area contributed by atoms with E-state index in [1.165, 1.54) is 6.07 Å². The van der Waals surface area contributed by atoms with Crippen LogP contribution in [-0.4, -0.2) is 17.9 Å². The average molecular weight is 338 g/mol. The average Bonchev–Trinajstić information content (AvgIpc) is 2.57. The lowest BCUT2D eigenvalue weighted by atomic mass is 9.81. The van der Waals surface area contributed by atoms with E-state index in [1.54, 1.807) is 0 Å². The predicted molar refractivity (Wildman–Crippen MR) is 88.3 cm³/mol. The Balaban J connectivity index is 1.85. The molecule has 132 valence electrons. The number of carbonyl (C=O) groups excluding carboxylic acids is 2. The summed E-state index contributed by atoms with van der Waals surface area (Å²) in [5, 5.41) is 5.48. The third-order valence-electron chi connectivity index (χ3n) is 4.66. The summed E-state index contributed by atoms with van der Waals surface area (Å²) >= 11 is 0. The molecule has 2 amide bonds. The molecule has 24 heavy (non-hydrogen) atoms. The number of carbonyl (C=O) groups is 2. The van der Waals surface area contributed by atoms with Crippen molar-refractivity contribution in [1.29, 1.82) is 0 Å². The van der Waals surface area contributed by atoms with E-state index < -0.39 is 11.6 Å². The minimum Gasteiger partial charge on any atom is -0.353 e. The van der Waals surface area contributed by atoms with Crippen LogP contribution in [0.15, 0.2) is 18.2 Å². The molecule has 2 rings (SSSR count). The van der Waals surface area contributed by atoms with Crippen molar-refractivity contribution in [2.24, 2.45) is 11.8 Å². The van der Waals surface area contributed by atoms with E-state index in [1.807, 2.05) is 13.8 Å². The Morgan fingerprint density at radius 1 is 1.12 bits per heavy atom. The molecular formula is C18H24F2N2O2. The van der Waals surface area contributed by atoms with Crippen LogP contribution in [0.3, 0.4) is 0 Å². The van der Waals surface area contributed by atoms with Crippen LogP contribution in [0.1, 0.15) is 46.0 Å². The molecule has 1 unspecified atom stereocenters. The summed E-state index contributed by atoms with van der Waals surface area (Å²) in [4.78, 5) is 24.3. The minimum absolute atomic E-state index is 0.0157. The molecule has 1 aliphatic carbocycles. The highest BCUT2D eigenvalue weighted by Gasteiger charge is 2.30.